The molecule has 106 valence electrons. The zero-order chi connectivity index (χ0) is 13.9. The minimum atomic E-state index is -3.28. The SMILES string of the molecule is Cc1ccc(NS(=O)(=O)CC2CCCCN2)c(C)c1. The molecule has 4 nitrogen and oxygen atoms in total. The number of piperidine rings is 1. The maximum atomic E-state index is 12.2. The van der Waals surface area contributed by atoms with E-state index in [1.54, 1.807) is 0 Å². The van der Waals surface area contributed by atoms with Crippen molar-refractivity contribution in [3.8, 4) is 0 Å². The fourth-order valence-electron chi connectivity index (χ4n) is 2.47. The van der Waals surface area contributed by atoms with E-state index in [2.05, 4.69) is 10.0 Å². The Morgan fingerprint density at radius 3 is 2.74 bits per heavy atom. The Morgan fingerprint density at radius 2 is 2.11 bits per heavy atom. The number of benzene rings is 1. The van der Waals surface area contributed by atoms with Crippen LogP contribution in [0.15, 0.2) is 18.2 Å². The maximum Gasteiger partial charge on any atom is 0.234 e. The highest BCUT2D eigenvalue weighted by Gasteiger charge is 2.21. The van der Waals surface area contributed by atoms with Crippen molar-refractivity contribution in [3.63, 3.8) is 0 Å². The van der Waals surface area contributed by atoms with Crippen LogP contribution >= 0.6 is 0 Å². The first kappa shape index (κ1) is 14.3. The number of rotatable bonds is 4. The Bertz CT molecular complexity index is 534. The fourth-order valence-corrected chi connectivity index (χ4v) is 3.93. The lowest BCUT2D eigenvalue weighted by molar-refractivity contribution is 0.424. The van der Waals surface area contributed by atoms with Gasteiger partial charge < -0.3 is 5.32 Å². The van der Waals surface area contributed by atoms with Crippen molar-refractivity contribution in [2.24, 2.45) is 0 Å². The van der Waals surface area contributed by atoms with Crippen molar-refractivity contribution in [1.82, 2.24) is 5.32 Å². The molecule has 0 radical (unpaired) electrons. The molecule has 1 aliphatic rings. The van der Waals surface area contributed by atoms with Gasteiger partial charge in [0.15, 0.2) is 0 Å². The quantitative estimate of drug-likeness (QED) is 0.890. The molecule has 1 heterocycles. The van der Waals surface area contributed by atoms with Gasteiger partial charge in [-0.25, -0.2) is 8.42 Å². The van der Waals surface area contributed by atoms with E-state index in [0.717, 1.165) is 36.9 Å². The summed E-state index contributed by atoms with van der Waals surface area (Å²) in [5, 5.41) is 3.27. The number of anilines is 1. The Kier molecular flexibility index (Phi) is 4.47. The third kappa shape index (κ3) is 4.21. The molecule has 1 aliphatic heterocycles. The van der Waals surface area contributed by atoms with Crippen molar-refractivity contribution in [1.29, 1.82) is 0 Å². The van der Waals surface area contributed by atoms with Crippen LogP contribution in [0.1, 0.15) is 30.4 Å². The van der Waals surface area contributed by atoms with Crippen LogP contribution in [0.4, 0.5) is 5.69 Å². The summed E-state index contributed by atoms with van der Waals surface area (Å²) >= 11 is 0. The Hall–Kier alpha value is -1.07. The molecule has 2 N–H and O–H groups in total. The van der Waals surface area contributed by atoms with Crippen LogP contribution in [0.5, 0.6) is 0 Å². The van der Waals surface area contributed by atoms with Crippen LogP contribution in [-0.2, 0) is 10.0 Å². The summed E-state index contributed by atoms with van der Waals surface area (Å²) in [5.41, 5.74) is 2.77. The second-order valence-corrected chi connectivity index (χ2v) is 7.12. The number of nitrogens with one attached hydrogen (secondary N) is 2. The van der Waals surface area contributed by atoms with Gasteiger partial charge >= 0.3 is 0 Å². The molecule has 19 heavy (non-hydrogen) atoms. The largest absolute Gasteiger partial charge is 0.313 e. The topological polar surface area (TPSA) is 58.2 Å². The lowest BCUT2D eigenvalue weighted by atomic mass is 10.1. The van der Waals surface area contributed by atoms with E-state index < -0.39 is 10.0 Å². The Morgan fingerprint density at radius 1 is 1.32 bits per heavy atom. The summed E-state index contributed by atoms with van der Waals surface area (Å²) < 4.78 is 27.0. The van der Waals surface area contributed by atoms with Gasteiger partial charge in [0.05, 0.1) is 11.4 Å². The molecule has 0 saturated carbocycles. The summed E-state index contributed by atoms with van der Waals surface area (Å²) in [6, 6.07) is 5.81. The molecule has 0 bridgehead atoms. The van der Waals surface area contributed by atoms with E-state index in [1.165, 1.54) is 0 Å². The van der Waals surface area contributed by atoms with Gasteiger partial charge in [-0.15, -0.1) is 0 Å². The highest BCUT2D eigenvalue weighted by molar-refractivity contribution is 7.92. The zero-order valence-corrected chi connectivity index (χ0v) is 12.4. The van der Waals surface area contributed by atoms with Crippen molar-refractivity contribution < 1.29 is 8.42 Å². The third-order valence-electron chi connectivity index (χ3n) is 3.48. The first-order chi connectivity index (χ1) is 8.96. The van der Waals surface area contributed by atoms with E-state index in [0.29, 0.717) is 5.69 Å². The molecule has 0 amide bonds. The Balaban J connectivity index is 2.03. The second-order valence-electron chi connectivity index (χ2n) is 5.35. The van der Waals surface area contributed by atoms with Gasteiger partial charge in [-0.3, -0.25) is 4.72 Å². The molecule has 1 aromatic rings. The van der Waals surface area contributed by atoms with Gasteiger partial charge in [-0.05, 0) is 44.9 Å². The minimum Gasteiger partial charge on any atom is -0.313 e. The van der Waals surface area contributed by atoms with Crippen molar-refractivity contribution in [3.05, 3.63) is 29.3 Å². The zero-order valence-electron chi connectivity index (χ0n) is 11.6. The van der Waals surface area contributed by atoms with Crippen molar-refractivity contribution in [2.75, 3.05) is 17.0 Å². The highest BCUT2D eigenvalue weighted by atomic mass is 32.2. The van der Waals surface area contributed by atoms with Gasteiger partial charge in [0, 0.05) is 6.04 Å². The molecule has 0 aromatic heterocycles. The first-order valence-corrected chi connectivity index (χ1v) is 8.43. The standard InChI is InChI=1S/C14H22N2O2S/c1-11-6-7-14(12(2)9-11)16-19(17,18)10-13-5-3-4-8-15-13/h6-7,9,13,15-16H,3-5,8,10H2,1-2H3. The molecule has 0 aliphatic carbocycles. The molecular formula is C14H22N2O2S. The number of hydrogen-bond donors (Lipinski definition) is 2. The molecule has 2 rings (SSSR count). The molecule has 0 spiro atoms. The summed E-state index contributed by atoms with van der Waals surface area (Å²) in [6.45, 7) is 4.84. The van der Waals surface area contributed by atoms with E-state index in [9.17, 15) is 8.42 Å². The molecule has 1 unspecified atom stereocenters. The lowest BCUT2D eigenvalue weighted by Crippen LogP contribution is -2.40. The Labute approximate surface area is 115 Å². The normalized spacial score (nSPS) is 20.2. The molecule has 5 heteroatoms. The predicted octanol–water partition coefficient (Wildman–Crippen LogP) is 2.19. The highest BCUT2D eigenvalue weighted by Crippen LogP contribution is 2.18. The van der Waals surface area contributed by atoms with E-state index in [4.69, 9.17) is 0 Å². The lowest BCUT2D eigenvalue weighted by Gasteiger charge is -2.23. The van der Waals surface area contributed by atoms with Gasteiger partial charge in [0.25, 0.3) is 0 Å². The van der Waals surface area contributed by atoms with Crippen LogP contribution in [-0.4, -0.2) is 26.8 Å². The van der Waals surface area contributed by atoms with Crippen LogP contribution in [0.25, 0.3) is 0 Å². The summed E-state index contributed by atoms with van der Waals surface area (Å²) in [7, 11) is -3.28. The molecule has 1 fully saturated rings. The monoisotopic (exact) mass is 282 g/mol. The average Bonchev–Trinajstić information content (AvgIpc) is 2.33. The van der Waals surface area contributed by atoms with Gasteiger partial charge in [-0.1, -0.05) is 24.1 Å². The van der Waals surface area contributed by atoms with Crippen molar-refractivity contribution >= 4 is 15.7 Å². The maximum absolute atomic E-state index is 12.2. The summed E-state index contributed by atoms with van der Waals surface area (Å²) in [6.07, 6.45) is 3.19. The molecular weight excluding hydrogens is 260 g/mol. The molecule has 1 aromatic carbocycles. The minimum absolute atomic E-state index is 0.0806. The van der Waals surface area contributed by atoms with E-state index in [1.807, 2.05) is 32.0 Å². The van der Waals surface area contributed by atoms with Gasteiger partial charge in [-0.2, -0.15) is 0 Å². The fraction of sp³-hybridized carbons (Fsp3) is 0.571. The van der Waals surface area contributed by atoms with E-state index in [-0.39, 0.29) is 11.8 Å². The summed E-state index contributed by atoms with van der Waals surface area (Å²) in [4.78, 5) is 0. The predicted molar refractivity (Wildman–Crippen MR) is 79.0 cm³/mol. The smallest absolute Gasteiger partial charge is 0.234 e. The van der Waals surface area contributed by atoms with Crippen LogP contribution in [0.2, 0.25) is 0 Å². The number of sulfonamides is 1. The summed E-state index contributed by atoms with van der Waals surface area (Å²) in [5.74, 6) is 0.153. The molecule has 1 atom stereocenters. The average molecular weight is 282 g/mol. The number of aryl methyl sites for hydroxylation is 2. The van der Waals surface area contributed by atoms with Gasteiger partial charge in [0.2, 0.25) is 10.0 Å². The second kappa shape index (κ2) is 5.92. The van der Waals surface area contributed by atoms with Crippen LogP contribution in [0, 0.1) is 13.8 Å². The van der Waals surface area contributed by atoms with Gasteiger partial charge in [0.1, 0.15) is 0 Å². The van der Waals surface area contributed by atoms with E-state index >= 15 is 0 Å². The molecule has 1 saturated heterocycles. The van der Waals surface area contributed by atoms with Crippen molar-refractivity contribution in [2.45, 2.75) is 39.2 Å². The van der Waals surface area contributed by atoms with Crippen LogP contribution < -0.4 is 10.0 Å². The third-order valence-corrected chi connectivity index (χ3v) is 4.85. The van der Waals surface area contributed by atoms with Crippen LogP contribution in [0.3, 0.4) is 0 Å². The number of hydrogen-bond acceptors (Lipinski definition) is 3. The first-order valence-electron chi connectivity index (χ1n) is 6.77.